The number of fused-ring (bicyclic) bond motifs is 3. The maximum absolute atomic E-state index is 13.3. The van der Waals surface area contributed by atoms with Crippen molar-refractivity contribution in [3.63, 3.8) is 0 Å². The minimum Gasteiger partial charge on any atom is -0.355 e. The molecule has 5 rings (SSSR count). The Balaban J connectivity index is 1.25. The molecule has 3 heterocycles. The van der Waals surface area contributed by atoms with Crippen LogP contribution in [0.25, 0.3) is 0 Å². The lowest BCUT2D eigenvalue weighted by Gasteiger charge is -2.38. The number of rotatable bonds is 5. The van der Waals surface area contributed by atoms with Crippen LogP contribution in [0.4, 0.5) is 0 Å². The van der Waals surface area contributed by atoms with Crippen LogP contribution in [0.5, 0.6) is 0 Å². The van der Waals surface area contributed by atoms with E-state index in [0.717, 1.165) is 36.8 Å². The fraction of sp³-hybridized carbons (Fsp3) is 0.583. The highest BCUT2D eigenvalue weighted by atomic mass is 16.2. The third kappa shape index (κ3) is 3.58. The van der Waals surface area contributed by atoms with E-state index in [1.807, 2.05) is 28.0 Å². The third-order valence-corrected chi connectivity index (χ3v) is 7.76. The maximum Gasteiger partial charge on any atom is 0.251 e. The van der Waals surface area contributed by atoms with Gasteiger partial charge in [-0.15, -0.1) is 0 Å². The second kappa shape index (κ2) is 8.43. The van der Waals surface area contributed by atoms with Gasteiger partial charge in [-0.1, -0.05) is 6.07 Å². The Bertz CT molecular complexity index is 1040. The van der Waals surface area contributed by atoms with Crippen LogP contribution in [0.15, 0.2) is 18.2 Å². The van der Waals surface area contributed by atoms with E-state index >= 15 is 0 Å². The first-order valence-corrected chi connectivity index (χ1v) is 11.8. The highest BCUT2D eigenvalue weighted by Gasteiger charge is 2.53. The molecule has 174 valence electrons. The molecule has 2 bridgehead atoms. The summed E-state index contributed by atoms with van der Waals surface area (Å²) in [6.45, 7) is 1.62. The number of likely N-dealkylation sites (tertiary alicyclic amines) is 3. The van der Waals surface area contributed by atoms with E-state index in [4.69, 9.17) is 5.73 Å². The number of nitrogens with one attached hydrogen (secondary N) is 1. The van der Waals surface area contributed by atoms with Gasteiger partial charge in [0.1, 0.15) is 6.04 Å². The van der Waals surface area contributed by atoms with Crippen LogP contribution in [0.2, 0.25) is 0 Å². The first-order chi connectivity index (χ1) is 15.9. The summed E-state index contributed by atoms with van der Waals surface area (Å²) < 4.78 is 0. The molecule has 9 heteroatoms. The van der Waals surface area contributed by atoms with E-state index in [1.54, 1.807) is 11.9 Å². The number of hydrogen-bond donors (Lipinski definition) is 2. The summed E-state index contributed by atoms with van der Waals surface area (Å²) in [5.74, 6) is -0.188. The second-order valence-corrected chi connectivity index (χ2v) is 9.58. The minimum absolute atomic E-state index is 0.0414. The first kappa shape index (κ1) is 21.9. The number of amides is 3. The average Bonchev–Trinajstić information content (AvgIpc) is 3.60. The number of benzene rings is 1. The molecule has 0 saturated carbocycles. The molecule has 0 radical (unpaired) electrons. The number of nitriles is 1. The molecule has 1 aliphatic carbocycles. The van der Waals surface area contributed by atoms with Gasteiger partial charge in [0.2, 0.25) is 11.8 Å². The zero-order valence-corrected chi connectivity index (χ0v) is 18.9. The fourth-order valence-electron chi connectivity index (χ4n) is 6.18. The standard InChI is InChI=1S/C24H30N6O3/c1-27-22(31)15-4-6-18-14(9-15)5-7-20(18)30-17-10-21(24(30)33)28(12-17)13-19(26)23(32)29-8-2-3-16(29)11-25/h4,6,9,16-17,19-21H,2-3,5,7-8,10,12-13,26H2,1H3,(H,27,31)/t16-,17?,19-,20-,21-/m0/s1. The summed E-state index contributed by atoms with van der Waals surface area (Å²) >= 11 is 0. The molecule has 9 nitrogen and oxygen atoms in total. The Hall–Kier alpha value is -2.96. The molecule has 3 amide bonds. The van der Waals surface area contributed by atoms with E-state index in [9.17, 15) is 19.6 Å². The number of aryl methyl sites for hydroxylation is 1. The highest BCUT2D eigenvalue weighted by molar-refractivity contribution is 5.94. The molecule has 0 spiro atoms. The predicted octanol–water partition coefficient (Wildman–Crippen LogP) is 0.160. The SMILES string of the molecule is CNC(=O)c1ccc2c(c1)CC[C@@H]2N1C(=O)[C@@H]2CC1CN2C[C@H](N)C(=O)N1CCC[C@H]1C#N. The summed E-state index contributed by atoms with van der Waals surface area (Å²) in [4.78, 5) is 43.8. The third-order valence-electron chi connectivity index (χ3n) is 7.76. The fourth-order valence-corrected chi connectivity index (χ4v) is 6.18. The van der Waals surface area contributed by atoms with Gasteiger partial charge < -0.3 is 20.9 Å². The summed E-state index contributed by atoms with van der Waals surface area (Å²) in [7, 11) is 1.62. The van der Waals surface area contributed by atoms with Crippen molar-refractivity contribution in [2.75, 3.05) is 26.7 Å². The van der Waals surface area contributed by atoms with Crippen LogP contribution in [0.3, 0.4) is 0 Å². The highest BCUT2D eigenvalue weighted by Crippen LogP contribution is 2.44. The van der Waals surface area contributed by atoms with Gasteiger partial charge in [0.05, 0.1) is 24.2 Å². The molecule has 1 aromatic carbocycles. The maximum atomic E-state index is 13.3. The normalized spacial score (nSPS) is 29.3. The van der Waals surface area contributed by atoms with Crippen molar-refractivity contribution >= 4 is 17.7 Å². The first-order valence-electron chi connectivity index (χ1n) is 11.8. The van der Waals surface area contributed by atoms with E-state index in [-0.39, 0.29) is 41.9 Å². The number of carbonyl (C=O) groups is 3. The zero-order valence-electron chi connectivity index (χ0n) is 18.9. The Morgan fingerprint density at radius 2 is 2.12 bits per heavy atom. The van der Waals surface area contributed by atoms with E-state index in [1.165, 1.54) is 0 Å². The second-order valence-electron chi connectivity index (χ2n) is 9.58. The number of carbonyl (C=O) groups excluding carboxylic acids is 3. The minimum atomic E-state index is -0.727. The van der Waals surface area contributed by atoms with Crippen LogP contribution >= 0.6 is 0 Å². The molecule has 5 atom stereocenters. The quantitative estimate of drug-likeness (QED) is 0.659. The van der Waals surface area contributed by atoms with E-state index in [2.05, 4.69) is 11.4 Å². The van der Waals surface area contributed by atoms with Gasteiger partial charge in [-0.05, 0) is 55.4 Å². The van der Waals surface area contributed by atoms with E-state index < -0.39 is 6.04 Å². The molecular formula is C24H30N6O3. The lowest BCUT2D eigenvalue weighted by Crippen LogP contribution is -2.56. The van der Waals surface area contributed by atoms with Gasteiger partial charge in [0, 0.05) is 38.3 Å². The Kier molecular flexibility index (Phi) is 5.59. The van der Waals surface area contributed by atoms with E-state index in [0.29, 0.717) is 31.6 Å². The Morgan fingerprint density at radius 3 is 2.85 bits per heavy atom. The summed E-state index contributed by atoms with van der Waals surface area (Å²) in [5, 5.41) is 11.9. The van der Waals surface area contributed by atoms with Crippen molar-refractivity contribution in [3.05, 3.63) is 34.9 Å². The summed E-state index contributed by atoms with van der Waals surface area (Å²) in [6.07, 6.45) is 4.00. The predicted molar refractivity (Wildman–Crippen MR) is 120 cm³/mol. The zero-order chi connectivity index (χ0) is 23.3. The average molecular weight is 451 g/mol. The Morgan fingerprint density at radius 1 is 1.30 bits per heavy atom. The molecule has 4 aliphatic rings. The topological polar surface area (TPSA) is 123 Å². The Labute approximate surface area is 193 Å². The number of hydrogen-bond acceptors (Lipinski definition) is 6. The molecule has 3 fully saturated rings. The molecule has 33 heavy (non-hydrogen) atoms. The van der Waals surface area contributed by atoms with Crippen molar-refractivity contribution in [2.45, 2.75) is 62.3 Å². The lowest BCUT2D eigenvalue weighted by molar-refractivity contribution is -0.141. The van der Waals surface area contributed by atoms with Crippen LogP contribution in [-0.2, 0) is 16.0 Å². The van der Waals surface area contributed by atoms with Gasteiger partial charge in [-0.2, -0.15) is 5.26 Å². The van der Waals surface area contributed by atoms with Gasteiger partial charge in [0.15, 0.2) is 0 Å². The van der Waals surface area contributed by atoms with Crippen molar-refractivity contribution in [2.24, 2.45) is 5.73 Å². The molecule has 0 aromatic heterocycles. The van der Waals surface area contributed by atoms with Crippen molar-refractivity contribution in [1.29, 1.82) is 5.26 Å². The summed E-state index contributed by atoms with van der Waals surface area (Å²) in [5.41, 5.74) is 9.16. The van der Waals surface area contributed by atoms with Crippen LogP contribution < -0.4 is 11.1 Å². The van der Waals surface area contributed by atoms with Gasteiger partial charge in [0.25, 0.3) is 5.91 Å². The van der Waals surface area contributed by atoms with Crippen molar-refractivity contribution in [3.8, 4) is 6.07 Å². The van der Waals surface area contributed by atoms with Gasteiger partial charge >= 0.3 is 0 Å². The number of nitrogens with zero attached hydrogens (tertiary/aromatic N) is 4. The summed E-state index contributed by atoms with van der Waals surface area (Å²) in [6, 6.07) is 6.75. The van der Waals surface area contributed by atoms with Gasteiger partial charge in [-0.3, -0.25) is 19.3 Å². The molecule has 1 unspecified atom stereocenters. The monoisotopic (exact) mass is 450 g/mol. The molecular weight excluding hydrogens is 420 g/mol. The molecule has 1 aromatic rings. The van der Waals surface area contributed by atoms with Crippen LogP contribution in [0, 0.1) is 11.3 Å². The van der Waals surface area contributed by atoms with Gasteiger partial charge in [-0.25, -0.2) is 0 Å². The molecule has 3 N–H and O–H groups in total. The number of piperazine rings is 1. The van der Waals surface area contributed by atoms with Crippen LogP contribution in [-0.4, -0.2) is 83.3 Å². The largest absolute Gasteiger partial charge is 0.355 e. The molecule has 3 aliphatic heterocycles. The smallest absolute Gasteiger partial charge is 0.251 e. The van der Waals surface area contributed by atoms with Crippen molar-refractivity contribution in [1.82, 2.24) is 20.0 Å². The van der Waals surface area contributed by atoms with Crippen LogP contribution in [0.1, 0.15) is 53.2 Å². The number of nitrogens with two attached hydrogens (primary N) is 1. The van der Waals surface area contributed by atoms with Crippen molar-refractivity contribution < 1.29 is 14.4 Å². The lowest BCUT2D eigenvalue weighted by atomic mass is 10.0. The molecule has 3 saturated heterocycles.